The monoisotopic (exact) mass is 366 g/mol. The van der Waals surface area contributed by atoms with Crippen LogP contribution in [0.5, 0.6) is 0 Å². The summed E-state index contributed by atoms with van der Waals surface area (Å²) >= 11 is 0. The van der Waals surface area contributed by atoms with Crippen molar-refractivity contribution in [3.05, 3.63) is 65.2 Å². The number of hydrogen-bond donors (Lipinski definition) is 1. The van der Waals surface area contributed by atoms with E-state index in [0.29, 0.717) is 6.54 Å². The van der Waals surface area contributed by atoms with E-state index in [9.17, 15) is 17.2 Å². The van der Waals surface area contributed by atoms with Gasteiger partial charge in [0.2, 0.25) is 10.0 Å². The Kier molecular flexibility index (Phi) is 5.17. The highest BCUT2D eigenvalue weighted by Crippen LogP contribution is 2.31. The maximum absolute atomic E-state index is 13.4. The molecule has 1 aliphatic rings. The van der Waals surface area contributed by atoms with E-state index < -0.39 is 15.8 Å². The highest BCUT2D eigenvalue weighted by atomic mass is 32.2. The molecule has 0 amide bonds. The number of likely N-dealkylation sites (N-methyl/N-ethyl adjacent to an activating group) is 1. The average molecular weight is 366 g/mol. The van der Waals surface area contributed by atoms with Crippen molar-refractivity contribution in [2.75, 3.05) is 20.1 Å². The summed E-state index contributed by atoms with van der Waals surface area (Å²) in [6.45, 7) is 0.707. The van der Waals surface area contributed by atoms with E-state index in [1.54, 1.807) is 12.1 Å². The molecule has 1 aliphatic carbocycles. The van der Waals surface area contributed by atoms with Crippen LogP contribution in [0.4, 0.5) is 8.78 Å². The molecule has 0 spiro atoms. The largest absolute Gasteiger partial charge is 0.309 e. The molecule has 1 unspecified atom stereocenters. The van der Waals surface area contributed by atoms with Crippen LogP contribution in [0.2, 0.25) is 0 Å². The number of aryl methyl sites for hydroxylation is 1. The van der Waals surface area contributed by atoms with E-state index in [0.717, 1.165) is 36.1 Å². The lowest BCUT2D eigenvalue weighted by Gasteiger charge is -2.20. The lowest BCUT2D eigenvalue weighted by atomic mass is 10.1. The van der Waals surface area contributed by atoms with E-state index >= 15 is 0 Å². The molecule has 2 aromatic carbocycles. The Morgan fingerprint density at radius 1 is 1.12 bits per heavy atom. The van der Waals surface area contributed by atoms with Crippen molar-refractivity contribution in [2.24, 2.45) is 0 Å². The number of halogens is 2. The van der Waals surface area contributed by atoms with Crippen molar-refractivity contribution in [3.8, 4) is 0 Å². The normalized spacial score (nSPS) is 17.0. The van der Waals surface area contributed by atoms with Crippen molar-refractivity contribution in [3.63, 3.8) is 0 Å². The van der Waals surface area contributed by atoms with E-state index in [1.165, 1.54) is 29.6 Å². The third-order valence-corrected chi connectivity index (χ3v) is 6.40. The van der Waals surface area contributed by atoms with E-state index in [-0.39, 0.29) is 23.3 Å². The fourth-order valence-corrected chi connectivity index (χ4v) is 4.26. The van der Waals surface area contributed by atoms with Gasteiger partial charge in [-0.15, -0.1) is 0 Å². The van der Waals surface area contributed by atoms with Crippen LogP contribution in [0, 0.1) is 11.6 Å². The summed E-state index contributed by atoms with van der Waals surface area (Å²) < 4.78 is 52.5. The highest BCUT2D eigenvalue weighted by molar-refractivity contribution is 7.89. The van der Waals surface area contributed by atoms with Gasteiger partial charge in [0, 0.05) is 26.2 Å². The maximum atomic E-state index is 13.4. The molecule has 0 aromatic heterocycles. The molecule has 7 heteroatoms. The zero-order valence-electron chi connectivity index (χ0n) is 13.9. The summed E-state index contributed by atoms with van der Waals surface area (Å²) in [7, 11) is -2.16. The van der Waals surface area contributed by atoms with Gasteiger partial charge in [-0.05, 0) is 60.4 Å². The van der Waals surface area contributed by atoms with Gasteiger partial charge in [0.1, 0.15) is 11.6 Å². The van der Waals surface area contributed by atoms with Gasteiger partial charge in [0.25, 0.3) is 0 Å². The number of sulfonamides is 1. The van der Waals surface area contributed by atoms with Gasteiger partial charge in [-0.2, -0.15) is 4.31 Å². The Balaban J connectivity index is 1.59. The molecular weight excluding hydrogens is 346 g/mol. The van der Waals surface area contributed by atoms with Gasteiger partial charge in [-0.3, -0.25) is 0 Å². The van der Waals surface area contributed by atoms with Gasteiger partial charge < -0.3 is 5.32 Å². The first kappa shape index (κ1) is 18.0. The molecule has 25 heavy (non-hydrogen) atoms. The molecule has 0 radical (unpaired) electrons. The zero-order valence-corrected chi connectivity index (χ0v) is 14.7. The predicted molar refractivity (Wildman–Crippen MR) is 91.7 cm³/mol. The number of nitrogens with one attached hydrogen (secondary N) is 1. The van der Waals surface area contributed by atoms with E-state index in [4.69, 9.17) is 0 Å². The Morgan fingerprint density at radius 3 is 2.52 bits per heavy atom. The van der Waals surface area contributed by atoms with Gasteiger partial charge in [0.15, 0.2) is 0 Å². The number of fused-ring (bicyclic) bond motifs is 1. The molecule has 0 saturated heterocycles. The van der Waals surface area contributed by atoms with Crippen molar-refractivity contribution in [2.45, 2.75) is 23.8 Å². The molecule has 0 heterocycles. The third kappa shape index (κ3) is 3.89. The summed E-state index contributed by atoms with van der Waals surface area (Å²) in [5.41, 5.74) is 2.08. The molecule has 134 valence electrons. The minimum atomic E-state index is -3.65. The fourth-order valence-electron chi connectivity index (χ4n) is 3.09. The van der Waals surface area contributed by atoms with Crippen molar-refractivity contribution in [1.29, 1.82) is 0 Å². The summed E-state index contributed by atoms with van der Waals surface area (Å²) in [6, 6.07) is 9.61. The zero-order chi connectivity index (χ0) is 18.0. The number of hydrogen-bond acceptors (Lipinski definition) is 3. The van der Waals surface area contributed by atoms with E-state index in [1.807, 2.05) is 0 Å². The van der Waals surface area contributed by atoms with Crippen LogP contribution in [0.25, 0.3) is 0 Å². The number of rotatable bonds is 6. The second-order valence-electron chi connectivity index (χ2n) is 6.17. The maximum Gasteiger partial charge on any atom is 0.242 e. The molecule has 0 fully saturated rings. The predicted octanol–water partition coefficient (Wildman–Crippen LogP) is 2.86. The summed E-state index contributed by atoms with van der Waals surface area (Å²) in [6.07, 6.45) is 1.75. The van der Waals surface area contributed by atoms with Crippen LogP contribution in [0.15, 0.2) is 47.4 Å². The Labute approximate surface area is 146 Å². The molecule has 0 bridgehead atoms. The number of nitrogens with zero attached hydrogens (tertiary/aromatic N) is 1. The van der Waals surface area contributed by atoms with Gasteiger partial charge in [0.05, 0.1) is 4.90 Å². The van der Waals surface area contributed by atoms with Crippen LogP contribution < -0.4 is 5.32 Å². The van der Waals surface area contributed by atoms with Crippen LogP contribution in [-0.4, -0.2) is 32.9 Å². The van der Waals surface area contributed by atoms with Crippen LogP contribution in [0.1, 0.15) is 23.6 Å². The topological polar surface area (TPSA) is 49.4 Å². The third-order valence-electron chi connectivity index (χ3n) is 4.52. The molecule has 1 N–H and O–H groups in total. The van der Waals surface area contributed by atoms with Crippen molar-refractivity contribution >= 4 is 10.0 Å². The summed E-state index contributed by atoms with van der Waals surface area (Å²) in [4.78, 5) is 0.0599. The second kappa shape index (κ2) is 7.19. The fraction of sp³-hybridized carbons (Fsp3) is 0.333. The van der Waals surface area contributed by atoms with Crippen LogP contribution in [0.3, 0.4) is 0 Å². The van der Waals surface area contributed by atoms with Crippen molar-refractivity contribution in [1.82, 2.24) is 9.62 Å². The average Bonchev–Trinajstić information content (AvgIpc) is 2.97. The first-order chi connectivity index (χ1) is 11.9. The lowest BCUT2D eigenvalue weighted by molar-refractivity contribution is 0.436. The quantitative estimate of drug-likeness (QED) is 0.855. The first-order valence-corrected chi connectivity index (χ1v) is 9.55. The highest BCUT2D eigenvalue weighted by Gasteiger charge is 2.24. The number of benzene rings is 2. The first-order valence-electron chi connectivity index (χ1n) is 8.11. The molecule has 3 rings (SSSR count). The van der Waals surface area contributed by atoms with Gasteiger partial charge in [-0.25, -0.2) is 17.2 Å². The van der Waals surface area contributed by atoms with Crippen molar-refractivity contribution < 1.29 is 17.2 Å². The van der Waals surface area contributed by atoms with Crippen LogP contribution in [-0.2, 0) is 16.4 Å². The molecule has 0 aliphatic heterocycles. The Morgan fingerprint density at radius 2 is 1.80 bits per heavy atom. The second-order valence-corrected chi connectivity index (χ2v) is 8.21. The summed E-state index contributed by atoms with van der Waals surface area (Å²) in [5.74, 6) is -0.737. The Hall–Kier alpha value is -1.83. The molecule has 0 saturated carbocycles. The van der Waals surface area contributed by atoms with Gasteiger partial charge >= 0.3 is 0 Å². The molecule has 4 nitrogen and oxygen atoms in total. The molecular formula is C18H20F2N2O2S. The van der Waals surface area contributed by atoms with Crippen LogP contribution >= 0.6 is 0 Å². The molecule has 2 aromatic rings. The Bertz CT molecular complexity index is 854. The van der Waals surface area contributed by atoms with Gasteiger partial charge in [-0.1, -0.05) is 6.07 Å². The summed E-state index contributed by atoms with van der Waals surface area (Å²) in [5, 5.41) is 3.30. The minimum absolute atomic E-state index is 0.0348. The SMILES string of the molecule is CN(CCNC1CCc2ccc(F)cc21)S(=O)(=O)c1ccc(F)cc1. The minimum Gasteiger partial charge on any atom is -0.309 e. The standard InChI is InChI=1S/C18H20F2N2O2S/c1-22(25(23,24)16-7-5-14(19)6-8-16)11-10-21-18-9-3-13-2-4-15(20)12-17(13)18/h2,4-8,12,18,21H,3,9-11H2,1H3. The smallest absolute Gasteiger partial charge is 0.242 e. The van der Waals surface area contributed by atoms with E-state index in [2.05, 4.69) is 5.32 Å². The lowest BCUT2D eigenvalue weighted by Crippen LogP contribution is -2.35. The molecule has 1 atom stereocenters.